The Morgan fingerprint density at radius 3 is 2.89 bits per heavy atom. The molecule has 0 amide bonds. The summed E-state index contributed by atoms with van der Waals surface area (Å²) < 4.78 is 26.1. The smallest absolute Gasteiger partial charge is 0.246 e. The van der Waals surface area contributed by atoms with Crippen LogP contribution in [0, 0.1) is 6.92 Å². The molecular formula is C10H11N3O3S2. The third-order valence-corrected chi connectivity index (χ3v) is 4.43. The normalized spacial score (nSPS) is 11.6. The molecule has 0 saturated heterocycles. The summed E-state index contributed by atoms with van der Waals surface area (Å²) in [7, 11) is -3.81. The minimum atomic E-state index is -3.81. The molecule has 0 fully saturated rings. The number of nitrogens with zero attached hydrogens (tertiary/aromatic N) is 1. The zero-order valence-electron chi connectivity index (χ0n) is 9.50. The molecule has 6 nitrogen and oxygen atoms in total. The Kier molecular flexibility index (Phi) is 3.60. The van der Waals surface area contributed by atoms with E-state index >= 15 is 0 Å². The fourth-order valence-corrected chi connectivity index (χ4v) is 3.01. The number of hydrogen-bond donors (Lipinski definition) is 2. The third-order valence-electron chi connectivity index (χ3n) is 2.19. The van der Waals surface area contributed by atoms with Gasteiger partial charge in [-0.15, -0.1) is 11.3 Å². The van der Waals surface area contributed by atoms with Crippen LogP contribution in [0.4, 0.5) is 0 Å². The molecule has 0 radical (unpaired) electrons. The first-order valence-electron chi connectivity index (χ1n) is 5.07. The predicted molar refractivity (Wildman–Crippen MR) is 67.9 cm³/mol. The molecule has 0 unspecified atom stereocenters. The number of nitrogens with one attached hydrogen (secondary N) is 2. The Labute approximate surface area is 108 Å². The van der Waals surface area contributed by atoms with Gasteiger partial charge in [0.1, 0.15) is 4.90 Å². The van der Waals surface area contributed by atoms with Crippen LogP contribution in [-0.2, 0) is 16.6 Å². The second-order valence-electron chi connectivity index (χ2n) is 3.56. The topological polar surface area (TPSA) is 91.9 Å². The summed E-state index contributed by atoms with van der Waals surface area (Å²) in [5, 5.41) is 2.63. The molecule has 2 heterocycles. The van der Waals surface area contributed by atoms with E-state index in [1.165, 1.54) is 23.6 Å². The highest BCUT2D eigenvalue weighted by molar-refractivity contribution is 7.89. The van der Waals surface area contributed by atoms with Crippen LogP contribution < -0.4 is 10.2 Å². The van der Waals surface area contributed by atoms with Crippen LogP contribution in [0.15, 0.2) is 33.5 Å². The van der Waals surface area contributed by atoms with Gasteiger partial charge in [-0.25, -0.2) is 18.1 Å². The Balaban J connectivity index is 2.18. The maximum absolute atomic E-state index is 11.9. The first kappa shape index (κ1) is 12.9. The van der Waals surface area contributed by atoms with Crippen molar-refractivity contribution in [2.75, 3.05) is 0 Å². The maximum Gasteiger partial charge on any atom is 0.246 e. The first-order valence-corrected chi connectivity index (χ1v) is 7.43. The zero-order chi connectivity index (χ0) is 13.2. The van der Waals surface area contributed by atoms with Gasteiger partial charge in [-0.2, -0.15) is 0 Å². The van der Waals surface area contributed by atoms with Gasteiger partial charge in [-0.1, -0.05) is 0 Å². The number of thiazole rings is 1. The molecule has 96 valence electrons. The fraction of sp³-hybridized carbons (Fsp3) is 0.200. The van der Waals surface area contributed by atoms with Gasteiger partial charge in [0.25, 0.3) is 0 Å². The Morgan fingerprint density at radius 2 is 2.28 bits per heavy atom. The van der Waals surface area contributed by atoms with E-state index in [4.69, 9.17) is 0 Å². The van der Waals surface area contributed by atoms with Gasteiger partial charge in [0.2, 0.25) is 15.5 Å². The highest BCUT2D eigenvalue weighted by Gasteiger charge is 2.17. The van der Waals surface area contributed by atoms with Crippen LogP contribution in [0.25, 0.3) is 0 Å². The number of aromatic nitrogens is 2. The van der Waals surface area contributed by atoms with E-state index in [1.807, 2.05) is 6.92 Å². The molecule has 0 bridgehead atoms. The predicted octanol–water partition coefficient (Wildman–Crippen LogP) is 0.618. The maximum atomic E-state index is 11.9. The van der Waals surface area contributed by atoms with E-state index < -0.39 is 15.5 Å². The highest BCUT2D eigenvalue weighted by atomic mass is 32.2. The van der Waals surface area contributed by atoms with Gasteiger partial charge in [0.15, 0.2) is 0 Å². The second kappa shape index (κ2) is 5.01. The fourth-order valence-electron chi connectivity index (χ4n) is 1.35. The van der Waals surface area contributed by atoms with Gasteiger partial charge < -0.3 is 4.98 Å². The molecule has 2 aromatic heterocycles. The number of rotatable bonds is 4. The van der Waals surface area contributed by atoms with Crippen LogP contribution in [0.5, 0.6) is 0 Å². The number of pyridine rings is 1. The number of sulfonamides is 1. The quantitative estimate of drug-likeness (QED) is 0.861. The van der Waals surface area contributed by atoms with Crippen molar-refractivity contribution >= 4 is 21.4 Å². The molecule has 8 heteroatoms. The lowest BCUT2D eigenvalue weighted by molar-refractivity contribution is 0.579. The molecule has 0 saturated carbocycles. The molecule has 0 spiro atoms. The summed E-state index contributed by atoms with van der Waals surface area (Å²) in [4.78, 5) is 17.8. The highest BCUT2D eigenvalue weighted by Crippen LogP contribution is 2.08. The summed E-state index contributed by atoms with van der Waals surface area (Å²) in [5.74, 6) is 0. The molecule has 2 rings (SSSR count). The zero-order valence-corrected chi connectivity index (χ0v) is 11.1. The van der Waals surface area contributed by atoms with Gasteiger partial charge in [-0.3, -0.25) is 4.79 Å². The third kappa shape index (κ3) is 2.84. The van der Waals surface area contributed by atoms with E-state index in [-0.39, 0.29) is 11.4 Å². The van der Waals surface area contributed by atoms with Crippen molar-refractivity contribution in [3.05, 3.63) is 44.8 Å². The lowest BCUT2D eigenvalue weighted by atomic mass is 10.5. The van der Waals surface area contributed by atoms with E-state index in [0.717, 1.165) is 11.2 Å². The molecule has 18 heavy (non-hydrogen) atoms. The second-order valence-corrected chi connectivity index (χ2v) is 6.35. The summed E-state index contributed by atoms with van der Waals surface area (Å²) in [6.45, 7) is 1.91. The van der Waals surface area contributed by atoms with Crippen LogP contribution >= 0.6 is 11.3 Å². The first-order chi connectivity index (χ1) is 8.49. The molecule has 2 aromatic rings. The van der Waals surface area contributed by atoms with Crippen LogP contribution in [0.3, 0.4) is 0 Å². The molecule has 0 aliphatic carbocycles. The number of hydrogen-bond acceptors (Lipinski definition) is 5. The average Bonchev–Trinajstić information content (AvgIpc) is 2.73. The lowest BCUT2D eigenvalue weighted by Crippen LogP contribution is -2.28. The van der Waals surface area contributed by atoms with Crippen molar-refractivity contribution in [3.8, 4) is 0 Å². The van der Waals surface area contributed by atoms with Crippen molar-refractivity contribution in [2.24, 2.45) is 0 Å². The number of aromatic amines is 1. The minimum absolute atomic E-state index is 0.0704. The summed E-state index contributed by atoms with van der Waals surface area (Å²) in [6.07, 6.45) is 2.54. The van der Waals surface area contributed by atoms with Gasteiger partial charge in [0.05, 0.1) is 17.2 Å². The van der Waals surface area contributed by atoms with E-state index in [2.05, 4.69) is 14.7 Å². The number of aryl methyl sites for hydroxylation is 1. The molecule has 0 aromatic carbocycles. The average molecular weight is 285 g/mol. The van der Waals surface area contributed by atoms with Crippen LogP contribution in [0.1, 0.15) is 10.7 Å². The van der Waals surface area contributed by atoms with E-state index in [0.29, 0.717) is 5.69 Å². The molecule has 0 aliphatic rings. The lowest BCUT2D eigenvalue weighted by Gasteiger charge is -2.03. The van der Waals surface area contributed by atoms with Gasteiger partial charge >= 0.3 is 0 Å². The molecule has 0 aliphatic heterocycles. The van der Waals surface area contributed by atoms with E-state index in [1.54, 1.807) is 5.38 Å². The van der Waals surface area contributed by atoms with E-state index in [9.17, 15) is 13.2 Å². The minimum Gasteiger partial charge on any atom is -0.366 e. The summed E-state index contributed by atoms with van der Waals surface area (Å²) >= 11 is 1.44. The Hall–Kier alpha value is -1.51. The number of H-pyrrole nitrogens is 1. The molecule has 0 atom stereocenters. The Morgan fingerprint density at radius 1 is 1.50 bits per heavy atom. The summed E-state index contributed by atoms with van der Waals surface area (Å²) in [5.41, 5.74) is 0.0872. The van der Waals surface area contributed by atoms with Gasteiger partial charge in [-0.05, 0) is 6.92 Å². The van der Waals surface area contributed by atoms with Crippen molar-refractivity contribution in [1.82, 2.24) is 14.7 Å². The van der Waals surface area contributed by atoms with Crippen molar-refractivity contribution in [3.63, 3.8) is 0 Å². The Bertz CT molecular complexity index is 703. The largest absolute Gasteiger partial charge is 0.366 e. The van der Waals surface area contributed by atoms with Crippen LogP contribution in [-0.4, -0.2) is 18.4 Å². The SMILES string of the molecule is Cc1nc(CNS(=O)(=O)c2c[nH]ccc2=O)cs1. The van der Waals surface area contributed by atoms with Crippen molar-refractivity contribution in [2.45, 2.75) is 18.4 Å². The molecular weight excluding hydrogens is 274 g/mol. The van der Waals surface area contributed by atoms with Crippen molar-refractivity contribution < 1.29 is 8.42 Å². The standard InChI is InChI=1S/C10H11N3O3S2/c1-7-13-8(6-17-7)4-12-18(15,16)10-5-11-3-2-9(10)14/h2-3,5-6,12H,4H2,1H3,(H,11,14). The van der Waals surface area contributed by atoms with Crippen molar-refractivity contribution in [1.29, 1.82) is 0 Å². The molecule has 2 N–H and O–H groups in total. The summed E-state index contributed by atoms with van der Waals surface area (Å²) in [6, 6.07) is 1.17. The van der Waals surface area contributed by atoms with Crippen LogP contribution in [0.2, 0.25) is 0 Å². The van der Waals surface area contributed by atoms with Gasteiger partial charge in [0, 0.05) is 23.8 Å². The monoisotopic (exact) mass is 285 g/mol.